The van der Waals surface area contributed by atoms with E-state index in [4.69, 9.17) is 16.3 Å². The molecular weight excluding hydrogens is 292 g/mol. The number of halogens is 1. The van der Waals surface area contributed by atoms with Crippen LogP contribution in [-0.4, -0.2) is 18.6 Å². The molecule has 0 aliphatic heterocycles. The highest BCUT2D eigenvalue weighted by atomic mass is 35.5. The topological polar surface area (TPSA) is 34.1 Å². The summed E-state index contributed by atoms with van der Waals surface area (Å²) in [5, 5.41) is 7.29. The van der Waals surface area contributed by atoms with Crippen LogP contribution in [0.2, 0.25) is 5.02 Å². The van der Waals surface area contributed by atoms with Crippen molar-refractivity contribution < 1.29 is 4.74 Å². The summed E-state index contributed by atoms with van der Waals surface area (Å²) in [6.45, 7) is 5.10. The van der Waals surface area contributed by atoms with Gasteiger partial charge in [-0.3, -0.25) is 0 Å². The minimum atomic E-state index is 0.0806. The van der Waals surface area contributed by atoms with Crippen molar-refractivity contribution in [3.63, 3.8) is 0 Å². The Hall–Kier alpha value is -1.10. The third-order valence-electron chi connectivity index (χ3n) is 2.99. The van der Waals surface area contributed by atoms with Gasteiger partial charge in [-0.15, -0.1) is 11.3 Å². The average Bonchev–Trinajstić information content (AvgIpc) is 2.86. The Morgan fingerprint density at radius 1 is 1.45 bits per heavy atom. The first kappa shape index (κ1) is 15.3. The molecule has 1 heterocycles. The number of rotatable bonds is 6. The van der Waals surface area contributed by atoms with Crippen molar-refractivity contribution in [1.29, 1.82) is 0 Å². The zero-order valence-electron chi connectivity index (χ0n) is 11.9. The summed E-state index contributed by atoms with van der Waals surface area (Å²) in [6, 6.07) is 5.97. The van der Waals surface area contributed by atoms with Crippen LogP contribution in [0.5, 0.6) is 5.75 Å². The molecule has 20 heavy (non-hydrogen) atoms. The highest BCUT2D eigenvalue weighted by Gasteiger charge is 2.18. The Labute approximate surface area is 129 Å². The smallest absolute Gasteiger partial charge is 0.137 e. The van der Waals surface area contributed by atoms with E-state index >= 15 is 0 Å². The number of ether oxygens (including phenoxy) is 1. The van der Waals surface area contributed by atoms with Crippen LogP contribution in [0.3, 0.4) is 0 Å². The van der Waals surface area contributed by atoms with E-state index in [-0.39, 0.29) is 6.04 Å². The number of aryl methyl sites for hydroxylation is 1. The van der Waals surface area contributed by atoms with Crippen molar-refractivity contribution in [3.8, 4) is 5.75 Å². The van der Waals surface area contributed by atoms with E-state index in [2.05, 4.69) is 22.6 Å². The van der Waals surface area contributed by atoms with Gasteiger partial charge in [0.05, 0.1) is 18.2 Å². The molecule has 1 N–H and O–H groups in total. The molecule has 0 radical (unpaired) electrons. The van der Waals surface area contributed by atoms with Crippen LogP contribution in [0.15, 0.2) is 23.6 Å². The van der Waals surface area contributed by atoms with Gasteiger partial charge in [-0.2, -0.15) is 0 Å². The van der Waals surface area contributed by atoms with Gasteiger partial charge in [0.25, 0.3) is 0 Å². The van der Waals surface area contributed by atoms with Crippen LogP contribution in [0.25, 0.3) is 0 Å². The van der Waals surface area contributed by atoms with Gasteiger partial charge in [0.15, 0.2) is 0 Å². The molecule has 3 nitrogen and oxygen atoms in total. The maximum Gasteiger partial charge on any atom is 0.137 e. The minimum Gasteiger partial charge on any atom is -0.495 e. The fourth-order valence-electron chi connectivity index (χ4n) is 2.00. The Balaban J connectivity index is 2.33. The third-order valence-corrected chi connectivity index (χ3v) is 4.31. The molecule has 0 aliphatic carbocycles. The van der Waals surface area contributed by atoms with Crippen LogP contribution >= 0.6 is 22.9 Å². The van der Waals surface area contributed by atoms with Gasteiger partial charge in [0.1, 0.15) is 10.8 Å². The van der Waals surface area contributed by atoms with Crippen molar-refractivity contribution >= 4 is 22.9 Å². The zero-order valence-corrected chi connectivity index (χ0v) is 13.5. The quantitative estimate of drug-likeness (QED) is 0.868. The van der Waals surface area contributed by atoms with Gasteiger partial charge in [-0.1, -0.05) is 24.6 Å². The number of hydrogen-bond acceptors (Lipinski definition) is 4. The monoisotopic (exact) mass is 310 g/mol. The molecule has 2 aromatic rings. The molecule has 108 valence electrons. The number of hydrogen-bond donors (Lipinski definition) is 1. The fraction of sp³-hybridized carbons (Fsp3) is 0.400. The second-order valence-corrected chi connectivity index (χ2v) is 5.91. The summed E-state index contributed by atoms with van der Waals surface area (Å²) in [5.41, 5.74) is 2.16. The summed E-state index contributed by atoms with van der Waals surface area (Å²) in [6.07, 6.45) is 1.07. The van der Waals surface area contributed by atoms with Crippen LogP contribution in [0.4, 0.5) is 0 Å². The van der Waals surface area contributed by atoms with Crippen molar-refractivity contribution in [3.05, 3.63) is 44.9 Å². The van der Waals surface area contributed by atoms with Gasteiger partial charge in [0.2, 0.25) is 0 Å². The van der Waals surface area contributed by atoms with E-state index in [1.54, 1.807) is 18.4 Å². The van der Waals surface area contributed by atoms with Crippen molar-refractivity contribution in [2.24, 2.45) is 0 Å². The predicted octanol–water partition coefficient (Wildman–Crippen LogP) is 4.20. The summed E-state index contributed by atoms with van der Waals surface area (Å²) in [7, 11) is 1.62. The van der Waals surface area contributed by atoms with Crippen molar-refractivity contribution in [2.45, 2.75) is 26.3 Å². The SMILES string of the molecule is CCCNC(c1ccc(OC)c(Cl)c1)c1nc(C)cs1. The maximum absolute atomic E-state index is 6.23. The predicted molar refractivity (Wildman–Crippen MR) is 85.0 cm³/mol. The summed E-state index contributed by atoms with van der Waals surface area (Å²) in [4.78, 5) is 4.59. The number of nitrogens with zero attached hydrogens (tertiary/aromatic N) is 1. The van der Waals surface area contributed by atoms with Crippen LogP contribution in [-0.2, 0) is 0 Å². The van der Waals surface area contributed by atoms with E-state index in [0.29, 0.717) is 10.8 Å². The van der Waals surface area contributed by atoms with Gasteiger partial charge in [-0.05, 0) is 37.6 Å². The molecule has 0 saturated carbocycles. The van der Waals surface area contributed by atoms with Gasteiger partial charge in [-0.25, -0.2) is 4.98 Å². The Bertz CT molecular complexity index is 571. The lowest BCUT2D eigenvalue weighted by Crippen LogP contribution is -2.23. The van der Waals surface area contributed by atoms with Crippen molar-refractivity contribution in [1.82, 2.24) is 10.3 Å². The van der Waals surface area contributed by atoms with Crippen LogP contribution < -0.4 is 10.1 Å². The molecule has 0 aliphatic rings. The lowest BCUT2D eigenvalue weighted by molar-refractivity contribution is 0.414. The highest BCUT2D eigenvalue weighted by Crippen LogP contribution is 2.31. The molecule has 1 aromatic carbocycles. The van der Waals surface area contributed by atoms with E-state index < -0.39 is 0 Å². The first-order valence-electron chi connectivity index (χ1n) is 6.64. The second kappa shape index (κ2) is 7.07. The van der Waals surface area contributed by atoms with Gasteiger partial charge < -0.3 is 10.1 Å². The van der Waals surface area contributed by atoms with E-state index in [0.717, 1.165) is 29.2 Å². The first-order valence-corrected chi connectivity index (χ1v) is 7.90. The first-order chi connectivity index (χ1) is 9.65. The normalized spacial score (nSPS) is 12.4. The second-order valence-electron chi connectivity index (χ2n) is 4.61. The lowest BCUT2D eigenvalue weighted by Gasteiger charge is -2.17. The van der Waals surface area contributed by atoms with E-state index in [9.17, 15) is 0 Å². The largest absolute Gasteiger partial charge is 0.495 e. The Morgan fingerprint density at radius 3 is 2.80 bits per heavy atom. The summed E-state index contributed by atoms with van der Waals surface area (Å²) < 4.78 is 5.21. The number of thiazole rings is 1. The Morgan fingerprint density at radius 2 is 2.25 bits per heavy atom. The molecule has 1 atom stereocenters. The third kappa shape index (κ3) is 3.51. The number of methoxy groups -OCH3 is 1. The van der Waals surface area contributed by atoms with E-state index in [1.165, 1.54) is 0 Å². The maximum atomic E-state index is 6.23. The molecule has 0 fully saturated rings. The molecule has 0 amide bonds. The van der Waals surface area contributed by atoms with E-state index in [1.807, 2.05) is 25.1 Å². The number of benzene rings is 1. The van der Waals surface area contributed by atoms with Crippen LogP contribution in [0.1, 0.15) is 35.7 Å². The Kier molecular flexibility index (Phi) is 5.40. The molecule has 2 rings (SSSR count). The van der Waals surface area contributed by atoms with Crippen LogP contribution in [0, 0.1) is 6.92 Å². The zero-order chi connectivity index (χ0) is 14.5. The molecule has 0 saturated heterocycles. The van der Waals surface area contributed by atoms with Crippen molar-refractivity contribution in [2.75, 3.05) is 13.7 Å². The van der Waals surface area contributed by atoms with Gasteiger partial charge in [0, 0.05) is 11.1 Å². The molecule has 0 spiro atoms. The summed E-state index contributed by atoms with van der Waals surface area (Å²) in [5.74, 6) is 0.694. The number of aromatic nitrogens is 1. The minimum absolute atomic E-state index is 0.0806. The molecule has 1 unspecified atom stereocenters. The lowest BCUT2D eigenvalue weighted by atomic mass is 10.1. The highest BCUT2D eigenvalue weighted by molar-refractivity contribution is 7.09. The number of nitrogens with one attached hydrogen (secondary N) is 1. The summed E-state index contributed by atoms with van der Waals surface area (Å²) >= 11 is 7.90. The van der Waals surface area contributed by atoms with Gasteiger partial charge >= 0.3 is 0 Å². The average molecular weight is 311 g/mol. The molecular formula is C15H19ClN2OS. The fourth-order valence-corrected chi connectivity index (χ4v) is 3.17. The molecule has 1 aromatic heterocycles. The molecule has 0 bridgehead atoms. The molecule has 5 heteroatoms. The standard InChI is InChI=1S/C15H19ClN2OS/c1-4-7-17-14(15-18-10(2)9-20-15)11-5-6-13(19-3)12(16)8-11/h5-6,8-9,14,17H,4,7H2,1-3H3.